The fraction of sp³-hybridized carbons (Fsp3) is 0.667. The fourth-order valence-corrected chi connectivity index (χ4v) is 5.63. The maximum absolute atomic E-state index is 13.2. The zero-order chi connectivity index (χ0) is 21.2. The minimum atomic E-state index is -0.777. The standard InChI is InChI=1S/C24H35NO3S/c1-16(2)13-19(29-15-17-8-10-18(11-9-17)23(3,4)5)22(27)25-24-12-6-7-21(24)28-14-20(24)26/h8-11,16,19,21H,6-7,12-15H2,1-5H3,(H,25,27)/t19-,21+,24?/m0/s1. The van der Waals surface area contributed by atoms with Crippen molar-refractivity contribution in [2.45, 2.75) is 88.4 Å². The molecule has 0 aromatic heterocycles. The van der Waals surface area contributed by atoms with Crippen LogP contribution in [0.2, 0.25) is 0 Å². The van der Waals surface area contributed by atoms with E-state index in [0.29, 0.717) is 12.3 Å². The second kappa shape index (κ2) is 8.81. The van der Waals surface area contributed by atoms with E-state index < -0.39 is 5.54 Å². The number of carbonyl (C=O) groups excluding carboxylic acids is 2. The molecule has 3 atom stereocenters. The normalized spacial score (nSPS) is 25.3. The Kier molecular flexibility index (Phi) is 6.79. The third kappa shape index (κ3) is 5.05. The van der Waals surface area contributed by atoms with Gasteiger partial charge in [0.25, 0.3) is 0 Å². The summed E-state index contributed by atoms with van der Waals surface area (Å²) in [5.41, 5.74) is 1.90. The van der Waals surface area contributed by atoms with Gasteiger partial charge in [0.1, 0.15) is 12.1 Å². The number of benzene rings is 1. The van der Waals surface area contributed by atoms with E-state index >= 15 is 0 Å². The molecule has 1 saturated heterocycles. The number of ether oxygens (including phenoxy) is 1. The molecule has 1 saturated carbocycles. The summed E-state index contributed by atoms with van der Waals surface area (Å²) in [5.74, 6) is 1.23. The number of hydrogen-bond donors (Lipinski definition) is 1. The van der Waals surface area contributed by atoms with E-state index in [1.165, 1.54) is 11.1 Å². The van der Waals surface area contributed by atoms with Crippen molar-refractivity contribution in [3.8, 4) is 0 Å². The van der Waals surface area contributed by atoms with Crippen LogP contribution in [0.4, 0.5) is 0 Å². The molecule has 3 rings (SSSR count). The lowest BCUT2D eigenvalue weighted by Gasteiger charge is -2.30. The van der Waals surface area contributed by atoms with Gasteiger partial charge in [-0.15, -0.1) is 11.8 Å². The molecule has 160 valence electrons. The van der Waals surface area contributed by atoms with Gasteiger partial charge in [0.2, 0.25) is 5.91 Å². The number of rotatable bonds is 7. The van der Waals surface area contributed by atoms with Crippen molar-refractivity contribution >= 4 is 23.5 Å². The highest BCUT2D eigenvalue weighted by Crippen LogP contribution is 2.38. The van der Waals surface area contributed by atoms with Crippen LogP contribution in [0, 0.1) is 5.92 Å². The van der Waals surface area contributed by atoms with Gasteiger partial charge in [0.15, 0.2) is 5.78 Å². The van der Waals surface area contributed by atoms with E-state index in [9.17, 15) is 9.59 Å². The second-order valence-corrected chi connectivity index (χ2v) is 11.1. The number of hydrogen-bond acceptors (Lipinski definition) is 4. The predicted molar refractivity (Wildman–Crippen MR) is 119 cm³/mol. The molecule has 2 fully saturated rings. The Morgan fingerprint density at radius 2 is 1.97 bits per heavy atom. The molecule has 5 heteroatoms. The number of nitrogens with one attached hydrogen (secondary N) is 1. The Morgan fingerprint density at radius 3 is 2.59 bits per heavy atom. The Morgan fingerprint density at radius 1 is 1.28 bits per heavy atom. The average molecular weight is 418 g/mol. The smallest absolute Gasteiger partial charge is 0.234 e. The summed E-state index contributed by atoms with van der Waals surface area (Å²) < 4.78 is 5.65. The van der Waals surface area contributed by atoms with Crippen LogP contribution in [0.3, 0.4) is 0 Å². The highest BCUT2D eigenvalue weighted by molar-refractivity contribution is 7.99. The molecule has 1 aromatic rings. The summed E-state index contributed by atoms with van der Waals surface area (Å²) in [7, 11) is 0. The van der Waals surface area contributed by atoms with E-state index in [-0.39, 0.29) is 35.1 Å². The molecule has 1 heterocycles. The highest BCUT2D eigenvalue weighted by Gasteiger charge is 2.55. The van der Waals surface area contributed by atoms with Crippen molar-refractivity contribution in [3.05, 3.63) is 35.4 Å². The van der Waals surface area contributed by atoms with E-state index in [2.05, 4.69) is 64.2 Å². The highest BCUT2D eigenvalue weighted by atomic mass is 32.2. The Bertz CT molecular complexity index is 737. The summed E-state index contributed by atoms with van der Waals surface area (Å²) in [4.78, 5) is 25.7. The lowest BCUT2D eigenvalue weighted by Crippen LogP contribution is -2.57. The van der Waals surface area contributed by atoms with Crippen molar-refractivity contribution in [1.29, 1.82) is 0 Å². The molecular formula is C24H35NO3S. The largest absolute Gasteiger partial charge is 0.367 e. The van der Waals surface area contributed by atoms with Crippen LogP contribution in [-0.2, 0) is 25.5 Å². The van der Waals surface area contributed by atoms with Crippen molar-refractivity contribution in [3.63, 3.8) is 0 Å². The van der Waals surface area contributed by atoms with Crippen LogP contribution < -0.4 is 5.32 Å². The van der Waals surface area contributed by atoms with Gasteiger partial charge in [-0.2, -0.15) is 0 Å². The third-order valence-electron chi connectivity index (χ3n) is 6.10. The van der Waals surface area contributed by atoms with Crippen molar-refractivity contribution in [2.24, 2.45) is 5.92 Å². The van der Waals surface area contributed by atoms with E-state index in [1.807, 2.05) is 0 Å². The van der Waals surface area contributed by atoms with Gasteiger partial charge in [0.05, 0.1) is 11.4 Å². The molecule has 1 aliphatic carbocycles. The van der Waals surface area contributed by atoms with E-state index in [0.717, 1.165) is 25.0 Å². The predicted octanol–water partition coefficient (Wildman–Crippen LogP) is 4.64. The number of thioether (sulfide) groups is 1. The van der Waals surface area contributed by atoms with Gasteiger partial charge < -0.3 is 10.1 Å². The van der Waals surface area contributed by atoms with Gasteiger partial charge in [-0.1, -0.05) is 58.9 Å². The van der Waals surface area contributed by atoms with Crippen LogP contribution in [-0.4, -0.2) is 35.2 Å². The van der Waals surface area contributed by atoms with Gasteiger partial charge in [-0.3, -0.25) is 9.59 Å². The maximum atomic E-state index is 13.2. The third-order valence-corrected chi connectivity index (χ3v) is 7.40. The summed E-state index contributed by atoms with van der Waals surface area (Å²) in [6.45, 7) is 11.0. The zero-order valence-corrected chi connectivity index (χ0v) is 19.2. The van der Waals surface area contributed by atoms with Crippen LogP contribution >= 0.6 is 11.8 Å². The molecule has 1 N–H and O–H groups in total. The monoisotopic (exact) mass is 417 g/mol. The minimum absolute atomic E-state index is 0.0132. The number of carbonyl (C=O) groups is 2. The van der Waals surface area contributed by atoms with Gasteiger partial charge in [-0.05, 0) is 48.1 Å². The van der Waals surface area contributed by atoms with Crippen LogP contribution in [0.25, 0.3) is 0 Å². The first-order valence-corrected chi connectivity index (χ1v) is 11.8. The summed E-state index contributed by atoms with van der Waals surface area (Å²) in [6.07, 6.45) is 3.14. The topological polar surface area (TPSA) is 55.4 Å². The van der Waals surface area contributed by atoms with Crippen LogP contribution in [0.15, 0.2) is 24.3 Å². The fourth-order valence-electron chi connectivity index (χ4n) is 4.31. The van der Waals surface area contributed by atoms with Gasteiger partial charge in [0, 0.05) is 5.75 Å². The Balaban J connectivity index is 1.66. The quantitative estimate of drug-likeness (QED) is 0.702. The molecule has 1 aromatic carbocycles. The van der Waals surface area contributed by atoms with Crippen LogP contribution in [0.5, 0.6) is 0 Å². The summed E-state index contributed by atoms with van der Waals surface area (Å²) in [5, 5.41) is 2.98. The first-order valence-electron chi connectivity index (χ1n) is 10.8. The SMILES string of the molecule is CC(C)C[C@H](SCc1ccc(C(C)(C)C)cc1)C(=O)NC12CCC[C@H]1OCC2=O. The zero-order valence-electron chi connectivity index (χ0n) is 18.4. The average Bonchev–Trinajstić information content (AvgIpc) is 3.18. The number of ketones is 1. The Labute approximate surface area is 179 Å². The second-order valence-electron chi connectivity index (χ2n) is 9.95. The molecule has 2 aliphatic rings. The van der Waals surface area contributed by atoms with Crippen molar-refractivity contribution in [2.75, 3.05) is 6.61 Å². The van der Waals surface area contributed by atoms with Crippen LogP contribution in [0.1, 0.15) is 71.4 Å². The van der Waals surface area contributed by atoms with E-state index in [1.54, 1.807) is 11.8 Å². The van der Waals surface area contributed by atoms with E-state index in [4.69, 9.17) is 4.74 Å². The number of amides is 1. The van der Waals surface area contributed by atoms with Gasteiger partial charge >= 0.3 is 0 Å². The molecular weight excluding hydrogens is 382 g/mol. The minimum Gasteiger partial charge on any atom is -0.367 e. The van der Waals surface area contributed by atoms with Crippen molar-refractivity contribution in [1.82, 2.24) is 5.32 Å². The Hall–Kier alpha value is -1.33. The maximum Gasteiger partial charge on any atom is 0.234 e. The molecule has 4 nitrogen and oxygen atoms in total. The van der Waals surface area contributed by atoms with Gasteiger partial charge in [-0.25, -0.2) is 0 Å². The number of fused-ring (bicyclic) bond motifs is 1. The lowest BCUT2D eigenvalue weighted by molar-refractivity contribution is -0.129. The molecule has 29 heavy (non-hydrogen) atoms. The first-order chi connectivity index (χ1) is 13.6. The molecule has 1 unspecified atom stereocenters. The summed E-state index contributed by atoms with van der Waals surface area (Å²) in [6, 6.07) is 8.70. The molecule has 0 spiro atoms. The van der Waals surface area contributed by atoms with Crippen molar-refractivity contribution < 1.29 is 14.3 Å². The first kappa shape index (κ1) is 22.4. The molecule has 0 bridgehead atoms. The molecule has 1 amide bonds. The number of Topliss-reactive ketones (excluding diaryl/α,β-unsaturated/α-hetero) is 1. The lowest BCUT2D eigenvalue weighted by atomic mass is 9.87. The summed E-state index contributed by atoms with van der Waals surface area (Å²) >= 11 is 1.68. The molecule has 1 aliphatic heterocycles. The molecule has 0 radical (unpaired) electrons.